The molecule has 0 bridgehead atoms. The fourth-order valence-corrected chi connectivity index (χ4v) is 7.02. The van der Waals surface area contributed by atoms with E-state index in [4.69, 9.17) is 32.7 Å². The van der Waals surface area contributed by atoms with E-state index >= 15 is 0 Å². The van der Waals surface area contributed by atoms with Gasteiger partial charge in [-0.2, -0.15) is 0 Å². The van der Waals surface area contributed by atoms with Crippen molar-refractivity contribution >= 4 is 50.7 Å². The maximum absolute atomic E-state index is 14.7. The molecule has 0 saturated heterocycles. The number of methoxy groups -OCH3 is 2. The highest BCUT2D eigenvalue weighted by atomic mass is 35.5. The van der Waals surface area contributed by atoms with Crippen LogP contribution in [0.5, 0.6) is 11.5 Å². The first-order valence-electron chi connectivity index (χ1n) is 15.4. The lowest BCUT2D eigenvalue weighted by atomic mass is 10.0. The molecule has 0 fully saturated rings. The number of hydrogen-bond acceptors (Lipinski definition) is 6. The zero-order valence-electron chi connectivity index (χ0n) is 27.2. The highest BCUT2D eigenvalue weighted by molar-refractivity contribution is 7.92. The van der Waals surface area contributed by atoms with Crippen molar-refractivity contribution in [2.24, 2.45) is 0 Å². The van der Waals surface area contributed by atoms with Gasteiger partial charge in [0.15, 0.2) is 11.5 Å². The van der Waals surface area contributed by atoms with E-state index in [0.29, 0.717) is 27.8 Å². The summed E-state index contributed by atoms with van der Waals surface area (Å²) >= 11 is 13.2. The molecule has 4 aromatic carbocycles. The average molecular weight is 713 g/mol. The summed E-state index contributed by atoms with van der Waals surface area (Å²) in [4.78, 5) is 29.9. The molecule has 1 N–H and O–H groups in total. The Morgan fingerprint density at radius 2 is 1.44 bits per heavy atom. The van der Waals surface area contributed by atoms with Gasteiger partial charge in [-0.3, -0.25) is 13.9 Å². The van der Waals surface area contributed by atoms with Gasteiger partial charge in [-0.25, -0.2) is 8.42 Å². The highest BCUT2D eigenvalue weighted by Crippen LogP contribution is 2.33. The van der Waals surface area contributed by atoms with Crippen molar-refractivity contribution in [2.45, 2.75) is 50.2 Å². The number of carbonyl (C=O) groups excluding carboxylic acids is 2. The van der Waals surface area contributed by atoms with Gasteiger partial charge < -0.3 is 19.7 Å². The predicted molar refractivity (Wildman–Crippen MR) is 189 cm³/mol. The van der Waals surface area contributed by atoms with Gasteiger partial charge in [0.25, 0.3) is 10.0 Å². The van der Waals surface area contributed by atoms with Crippen LogP contribution in [0.25, 0.3) is 0 Å². The number of halogens is 2. The molecule has 254 valence electrons. The summed E-state index contributed by atoms with van der Waals surface area (Å²) in [6.45, 7) is 3.04. The van der Waals surface area contributed by atoms with E-state index in [-0.39, 0.29) is 35.3 Å². The minimum atomic E-state index is -4.36. The minimum absolute atomic E-state index is 0.118. The number of ether oxygens (including phenoxy) is 2. The number of rotatable bonds is 15. The summed E-state index contributed by atoms with van der Waals surface area (Å²) in [7, 11) is -1.51. The predicted octanol–water partition coefficient (Wildman–Crippen LogP) is 6.76. The Morgan fingerprint density at radius 1 is 0.833 bits per heavy atom. The number of para-hydroxylation sites is 1. The molecule has 4 rings (SSSR count). The molecular weight excluding hydrogens is 673 g/mol. The van der Waals surface area contributed by atoms with Crippen LogP contribution in [-0.4, -0.2) is 58.0 Å². The molecule has 2 amide bonds. The summed E-state index contributed by atoms with van der Waals surface area (Å²) in [5.41, 5.74) is 1.49. The van der Waals surface area contributed by atoms with Crippen molar-refractivity contribution in [3.8, 4) is 11.5 Å². The molecule has 0 spiro atoms. The Kier molecular flexibility index (Phi) is 12.7. The van der Waals surface area contributed by atoms with Crippen LogP contribution in [0.1, 0.15) is 31.4 Å². The maximum Gasteiger partial charge on any atom is 0.264 e. The molecule has 0 saturated carbocycles. The lowest BCUT2D eigenvalue weighted by molar-refractivity contribution is -0.140. The Hall–Kier alpha value is -4.25. The van der Waals surface area contributed by atoms with Crippen molar-refractivity contribution in [2.75, 3.05) is 25.1 Å². The SMILES string of the molecule is CC[C@H](C)NC(=O)[C@H](Cc1ccccc1)N(Cc1c(Cl)cccc1Cl)C(=O)CN(c1ccccc1)S(=O)(=O)c1ccc(OC)c(OC)c1. The summed E-state index contributed by atoms with van der Waals surface area (Å²) in [6, 6.07) is 25.6. The Balaban J connectivity index is 1.84. The van der Waals surface area contributed by atoms with E-state index < -0.39 is 34.4 Å². The third-order valence-corrected chi connectivity index (χ3v) is 10.4. The molecule has 2 atom stereocenters. The molecule has 0 aliphatic heterocycles. The Labute approximate surface area is 292 Å². The van der Waals surface area contributed by atoms with Crippen LogP contribution in [0.15, 0.2) is 102 Å². The number of benzene rings is 4. The average Bonchev–Trinajstić information content (AvgIpc) is 3.09. The molecule has 0 unspecified atom stereocenters. The fraction of sp³-hybridized carbons (Fsp3) is 0.278. The molecule has 9 nitrogen and oxygen atoms in total. The van der Waals surface area contributed by atoms with Crippen LogP contribution in [0.4, 0.5) is 5.69 Å². The van der Waals surface area contributed by atoms with Crippen LogP contribution in [-0.2, 0) is 32.6 Å². The van der Waals surface area contributed by atoms with Crippen molar-refractivity contribution in [3.63, 3.8) is 0 Å². The van der Waals surface area contributed by atoms with Crippen molar-refractivity contribution in [1.29, 1.82) is 0 Å². The molecule has 0 radical (unpaired) electrons. The van der Waals surface area contributed by atoms with Gasteiger partial charge in [0.1, 0.15) is 12.6 Å². The van der Waals surface area contributed by atoms with Gasteiger partial charge in [-0.15, -0.1) is 0 Å². The molecule has 12 heteroatoms. The monoisotopic (exact) mass is 711 g/mol. The van der Waals surface area contributed by atoms with Gasteiger partial charge in [0.05, 0.1) is 24.8 Å². The van der Waals surface area contributed by atoms with Gasteiger partial charge in [0.2, 0.25) is 11.8 Å². The minimum Gasteiger partial charge on any atom is -0.493 e. The number of hydrogen-bond donors (Lipinski definition) is 1. The van der Waals surface area contributed by atoms with Crippen LogP contribution >= 0.6 is 23.2 Å². The zero-order valence-corrected chi connectivity index (χ0v) is 29.6. The summed E-state index contributed by atoms with van der Waals surface area (Å²) < 4.78 is 40.4. The van der Waals surface area contributed by atoms with Gasteiger partial charge in [-0.05, 0) is 55.3 Å². The molecule has 48 heavy (non-hydrogen) atoms. The van der Waals surface area contributed by atoms with E-state index in [9.17, 15) is 18.0 Å². The standard InChI is InChI=1S/C36H39Cl2N3O6S/c1-5-25(2)39-36(43)32(21-26-13-8-6-9-14-26)40(23-29-30(37)17-12-18-31(29)38)35(42)24-41(27-15-10-7-11-16-27)48(44,45)28-19-20-33(46-3)34(22-28)47-4/h6-20,22,25,32H,5,21,23-24H2,1-4H3,(H,39,43)/t25-,32-/m0/s1. The second-order valence-corrected chi connectivity index (χ2v) is 13.8. The molecule has 0 aliphatic rings. The van der Waals surface area contributed by atoms with Gasteiger partial charge in [0, 0.05) is 40.7 Å². The lowest BCUT2D eigenvalue weighted by Gasteiger charge is -2.34. The van der Waals surface area contributed by atoms with Crippen LogP contribution in [0, 0.1) is 0 Å². The van der Waals surface area contributed by atoms with E-state index in [0.717, 1.165) is 9.87 Å². The van der Waals surface area contributed by atoms with E-state index in [1.54, 1.807) is 48.5 Å². The molecule has 0 aliphatic carbocycles. The Morgan fingerprint density at radius 3 is 2.02 bits per heavy atom. The largest absolute Gasteiger partial charge is 0.493 e. The first kappa shape index (κ1) is 36.6. The highest BCUT2D eigenvalue weighted by Gasteiger charge is 2.35. The van der Waals surface area contributed by atoms with Gasteiger partial charge in [-0.1, -0.05) is 84.7 Å². The van der Waals surface area contributed by atoms with Crippen LogP contribution in [0.3, 0.4) is 0 Å². The van der Waals surface area contributed by atoms with E-state index in [1.165, 1.54) is 37.3 Å². The van der Waals surface area contributed by atoms with E-state index in [1.807, 2.05) is 44.2 Å². The summed E-state index contributed by atoms with van der Waals surface area (Å²) in [5.74, 6) is -0.479. The topological polar surface area (TPSA) is 105 Å². The zero-order chi connectivity index (χ0) is 34.8. The third kappa shape index (κ3) is 8.80. The molecule has 0 aromatic heterocycles. The number of anilines is 1. The molecule has 0 heterocycles. The normalized spacial score (nSPS) is 12.5. The Bertz CT molecular complexity index is 1790. The maximum atomic E-state index is 14.7. The smallest absolute Gasteiger partial charge is 0.264 e. The first-order valence-corrected chi connectivity index (χ1v) is 17.6. The van der Waals surface area contributed by atoms with E-state index in [2.05, 4.69) is 5.32 Å². The number of carbonyl (C=O) groups is 2. The third-order valence-electron chi connectivity index (χ3n) is 7.93. The van der Waals surface area contributed by atoms with Crippen molar-refractivity contribution in [3.05, 3.63) is 118 Å². The van der Waals surface area contributed by atoms with Crippen LogP contribution < -0.4 is 19.1 Å². The number of nitrogens with zero attached hydrogens (tertiary/aromatic N) is 2. The fourth-order valence-electron chi connectivity index (χ4n) is 5.08. The number of sulfonamides is 1. The number of amides is 2. The van der Waals surface area contributed by atoms with Crippen molar-refractivity contribution < 1.29 is 27.5 Å². The quantitative estimate of drug-likeness (QED) is 0.146. The number of nitrogens with one attached hydrogen (secondary N) is 1. The second-order valence-electron chi connectivity index (χ2n) is 11.1. The summed E-state index contributed by atoms with van der Waals surface area (Å²) in [5, 5.41) is 3.62. The summed E-state index contributed by atoms with van der Waals surface area (Å²) in [6.07, 6.45) is 0.824. The molecular formula is C36H39Cl2N3O6S. The lowest BCUT2D eigenvalue weighted by Crippen LogP contribution is -2.54. The second kappa shape index (κ2) is 16.7. The first-order chi connectivity index (χ1) is 23.0. The van der Waals surface area contributed by atoms with Gasteiger partial charge >= 0.3 is 0 Å². The van der Waals surface area contributed by atoms with Crippen LogP contribution in [0.2, 0.25) is 10.0 Å². The van der Waals surface area contributed by atoms with Crippen molar-refractivity contribution in [1.82, 2.24) is 10.2 Å². The molecule has 4 aromatic rings.